The van der Waals surface area contributed by atoms with E-state index >= 15 is 0 Å². The standard InChI is InChI=1S/C18H20N2O4S/c21-17-10-14-7-6-13(12-4-2-1-3-5-12)8-15(14)9-16(17)20-11-18(22)19-25(20,23)24/h6-12,19,21-22H,1-5H2. The fraction of sp³-hybridized carbons (Fsp3) is 0.333. The van der Waals surface area contributed by atoms with Gasteiger partial charge in [0.15, 0.2) is 0 Å². The zero-order valence-corrected chi connectivity index (χ0v) is 14.5. The molecule has 2 aliphatic rings. The van der Waals surface area contributed by atoms with Crippen LogP contribution in [0.4, 0.5) is 5.69 Å². The fourth-order valence-corrected chi connectivity index (χ4v) is 4.80. The summed E-state index contributed by atoms with van der Waals surface area (Å²) in [6, 6.07) is 9.33. The van der Waals surface area contributed by atoms with Crippen molar-refractivity contribution in [3.05, 3.63) is 48.0 Å². The number of fused-ring (bicyclic) bond motifs is 1. The third kappa shape index (κ3) is 2.89. The Bertz CT molecular complexity index is 962. The number of benzene rings is 2. The van der Waals surface area contributed by atoms with Crippen LogP contribution >= 0.6 is 0 Å². The molecule has 0 amide bonds. The van der Waals surface area contributed by atoms with Gasteiger partial charge in [-0.1, -0.05) is 37.5 Å². The quantitative estimate of drug-likeness (QED) is 0.763. The minimum atomic E-state index is -3.93. The van der Waals surface area contributed by atoms with Crippen LogP contribution in [0.15, 0.2) is 42.4 Å². The van der Waals surface area contributed by atoms with Crippen LogP contribution < -0.4 is 9.03 Å². The summed E-state index contributed by atoms with van der Waals surface area (Å²) in [6.45, 7) is 0. The van der Waals surface area contributed by atoms with Crippen LogP contribution in [-0.2, 0) is 10.2 Å². The van der Waals surface area contributed by atoms with E-state index in [1.807, 2.05) is 10.8 Å². The number of hydrogen-bond donors (Lipinski definition) is 3. The minimum absolute atomic E-state index is 0.116. The predicted molar refractivity (Wildman–Crippen MR) is 96.7 cm³/mol. The molecule has 1 fully saturated rings. The van der Waals surface area contributed by atoms with Crippen molar-refractivity contribution in [1.82, 2.24) is 4.72 Å². The Balaban J connectivity index is 1.79. The Morgan fingerprint density at radius 1 is 1.00 bits per heavy atom. The maximum Gasteiger partial charge on any atom is 0.330 e. The lowest BCUT2D eigenvalue weighted by Gasteiger charge is -2.22. The Morgan fingerprint density at radius 3 is 2.44 bits per heavy atom. The summed E-state index contributed by atoms with van der Waals surface area (Å²) in [5, 5.41) is 21.4. The van der Waals surface area contributed by atoms with Crippen molar-refractivity contribution in [2.75, 3.05) is 4.31 Å². The molecule has 1 aliphatic heterocycles. The van der Waals surface area contributed by atoms with E-state index in [1.54, 1.807) is 12.1 Å². The summed E-state index contributed by atoms with van der Waals surface area (Å²) in [7, 11) is -3.93. The first kappa shape index (κ1) is 16.1. The number of phenolic OH excluding ortho intramolecular Hbond substituents is 1. The van der Waals surface area contributed by atoms with Gasteiger partial charge in [-0.2, -0.15) is 8.42 Å². The highest BCUT2D eigenvalue weighted by atomic mass is 32.2. The third-order valence-electron chi connectivity index (χ3n) is 5.00. The van der Waals surface area contributed by atoms with Crippen molar-refractivity contribution < 1.29 is 18.6 Å². The molecule has 3 N–H and O–H groups in total. The number of hydrogen-bond acceptors (Lipinski definition) is 4. The Hall–Kier alpha value is -2.41. The van der Waals surface area contributed by atoms with Gasteiger partial charge in [-0.3, -0.25) is 0 Å². The molecule has 6 nitrogen and oxygen atoms in total. The van der Waals surface area contributed by atoms with E-state index in [0.29, 0.717) is 5.92 Å². The van der Waals surface area contributed by atoms with E-state index in [4.69, 9.17) is 0 Å². The summed E-state index contributed by atoms with van der Waals surface area (Å²) in [4.78, 5) is 0. The van der Waals surface area contributed by atoms with Gasteiger partial charge < -0.3 is 10.2 Å². The third-order valence-corrected chi connectivity index (χ3v) is 6.29. The van der Waals surface area contributed by atoms with Crippen molar-refractivity contribution in [3.63, 3.8) is 0 Å². The predicted octanol–water partition coefficient (Wildman–Crippen LogP) is 3.60. The molecule has 4 rings (SSSR count). The summed E-state index contributed by atoms with van der Waals surface area (Å²) in [5.74, 6) is -0.0961. The number of nitrogens with zero attached hydrogens (tertiary/aromatic N) is 1. The number of phenols is 1. The molecule has 0 bridgehead atoms. The summed E-state index contributed by atoms with van der Waals surface area (Å²) >= 11 is 0. The van der Waals surface area contributed by atoms with Gasteiger partial charge in [0.05, 0.1) is 6.20 Å². The minimum Gasteiger partial charge on any atom is -0.506 e. The monoisotopic (exact) mass is 360 g/mol. The first-order valence-corrected chi connectivity index (χ1v) is 9.88. The van der Waals surface area contributed by atoms with Crippen LogP contribution in [0.1, 0.15) is 43.6 Å². The number of aromatic hydroxyl groups is 1. The van der Waals surface area contributed by atoms with E-state index in [1.165, 1.54) is 37.7 Å². The highest BCUT2D eigenvalue weighted by Crippen LogP contribution is 2.38. The van der Waals surface area contributed by atoms with Crippen LogP contribution in [0.25, 0.3) is 10.8 Å². The van der Waals surface area contributed by atoms with E-state index in [0.717, 1.165) is 21.3 Å². The largest absolute Gasteiger partial charge is 0.506 e. The van der Waals surface area contributed by atoms with E-state index < -0.39 is 16.1 Å². The molecule has 2 aromatic rings. The van der Waals surface area contributed by atoms with E-state index in [2.05, 4.69) is 12.1 Å². The molecule has 0 radical (unpaired) electrons. The average molecular weight is 360 g/mol. The molecule has 0 atom stereocenters. The van der Waals surface area contributed by atoms with Crippen molar-refractivity contribution in [1.29, 1.82) is 0 Å². The second-order valence-corrected chi connectivity index (χ2v) is 8.25. The van der Waals surface area contributed by atoms with Crippen molar-refractivity contribution >= 4 is 26.7 Å². The number of anilines is 1. The van der Waals surface area contributed by atoms with Crippen molar-refractivity contribution in [3.8, 4) is 5.75 Å². The highest BCUT2D eigenvalue weighted by Gasteiger charge is 2.30. The number of aliphatic hydroxyl groups excluding tert-OH is 1. The van der Waals surface area contributed by atoms with Crippen LogP contribution in [0.5, 0.6) is 5.75 Å². The molecule has 7 heteroatoms. The first-order chi connectivity index (χ1) is 11.9. The molecule has 0 spiro atoms. The Morgan fingerprint density at radius 2 is 1.76 bits per heavy atom. The first-order valence-electron chi connectivity index (χ1n) is 8.44. The average Bonchev–Trinajstić information content (AvgIpc) is 2.87. The lowest BCUT2D eigenvalue weighted by atomic mass is 9.83. The molecule has 0 saturated heterocycles. The van der Waals surface area contributed by atoms with Gasteiger partial charge in [-0.15, -0.1) is 0 Å². The van der Waals surface area contributed by atoms with E-state index in [-0.39, 0.29) is 11.4 Å². The number of aliphatic hydroxyl groups is 1. The normalized spacial score (nSPS) is 20.5. The lowest BCUT2D eigenvalue weighted by Crippen LogP contribution is -2.29. The van der Waals surface area contributed by atoms with Crippen molar-refractivity contribution in [2.24, 2.45) is 0 Å². The van der Waals surface area contributed by atoms with Gasteiger partial charge in [-0.25, -0.2) is 9.03 Å². The number of nitrogens with one attached hydrogen (secondary N) is 1. The Labute approximate surface area is 146 Å². The Kier molecular flexibility index (Phi) is 3.76. The molecule has 1 saturated carbocycles. The highest BCUT2D eigenvalue weighted by molar-refractivity contribution is 7.91. The van der Waals surface area contributed by atoms with Gasteiger partial charge in [0, 0.05) is 0 Å². The summed E-state index contributed by atoms with van der Waals surface area (Å²) < 4.78 is 27.0. The van der Waals surface area contributed by atoms with Gasteiger partial charge in [0.2, 0.25) is 5.88 Å². The maximum absolute atomic E-state index is 12.1. The molecule has 0 unspecified atom stereocenters. The van der Waals surface area contributed by atoms with Gasteiger partial charge in [0.25, 0.3) is 0 Å². The molecule has 1 aliphatic carbocycles. The molecular weight excluding hydrogens is 340 g/mol. The second kappa shape index (κ2) is 5.84. The number of rotatable bonds is 2. The van der Waals surface area contributed by atoms with Crippen LogP contribution in [0.3, 0.4) is 0 Å². The van der Waals surface area contributed by atoms with Crippen LogP contribution in [0.2, 0.25) is 0 Å². The van der Waals surface area contributed by atoms with Crippen molar-refractivity contribution in [2.45, 2.75) is 38.0 Å². The molecule has 1 heterocycles. The fourth-order valence-electron chi connectivity index (χ4n) is 3.75. The smallest absolute Gasteiger partial charge is 0.330 e. The zero-order chi connectivity index (χ0) is 17.6. The molecule has 2 aromatic carbocycles. The maximum atomic E-state index is 12.1. The molecular formula is C18H20N2O4S. The van der Waals surface area contributed by atoms with E-state index in [9.17, 15) is 18.6 Å². The van der Waals surface area contributed by atoms with Crippen LogP contribution in [-0.4, -0.2) is 18.6 Å². The SMILES string of the molecule is O=S1(=O)NC(O)=CN1c1cc2cc(C3CCCCC3)ccc2cc1O. The van der Waals surface area contributed by atoms with Gasteiger partial charge >= 0.3 is 10.2 Å². The van der Waals surface area contributed by atoms with Gasteiger partial charge in [-0.05, 0) is 47.2 Å². The molecule has 0 aromatic heterocycles. The summed E-state index contributed by atoms with van der Waals surface area (Å²) in [6.07, 6.45) is 7.17. The molecule has 25 heavy (non-hydrogen) atoms. The van der Waals surface area contributed by atoms with Gasteiger partial charge in [0.1, 0.15) is 11.4 Å². The molecule has 132 valence electrons. The zero-order valence-electron chi connectivity index (χ0n) is 13.6. The summed E-state index contributed by atoms with van der Waals surface area (Å²) in [5.41, 5.74) is 1.37. The second-order valence-electron chi connectivity index (χ2n) is 6.70. The van der Waals surface area contributed by atoms with Crippen LogP contribution in [0, 0.1) is 0 Å². The topological polar surface area (TPSA) is 89.9 Å². The lowest BCUT2D eigenvalue weighted by molar-refractivity contribution is 0.392.